The number of halogens is 4. The van der Waals surface area contributed by atoms with Gasteiger partial charge in [-0.05, 0) is 50.2 Å². The second-order valence-corrected chi connectivity index (χ2v) is 9.05. The first-order chi connectivity index (χ1) is 17.1. The van der Waals surface area contributed by atoms with E-state index < -0.39 is 5.97 Å². The Morgan fingerprint density at radius 3 is 1.94 bits per heavy atom. The van der Waals surface area contributed by atoms with Crippen LogP contribution in [-0.2, 0) is 0 Å². The summed E-state index contributed by atoms with van der Waals surface area (Å²) < 4.78 is 8.22. The van der Waals surface area contributed by atoms with E-state index >= 15 is 0 Å². The molecule has 5 heterocycles. The number of nitrogens with zero attached hydrogens (tertiary/aromatic N) is 6. The molecule has 9 nitrogen and oxygen atoms in total. The van der Waals surface area contributed by atoms with E-state index in [9.17, 15) is 4.79 Å². The molecule has 5 aromatic rings. The molecule has 5 aromatic heterocycles. The molecule has 36 heavy (non-hydrogen) atoms. The first kappa shape index (κ1) is 25.7. The predicted octanol–water partition coefficient (Wildman–Crippen LogP) is 6.72. The molecule has 0 atom stereocenters. The van der Waals surface area contributed by atoms with Crippen LogP contribution in [0, 0.1) is 13.8 Å². The lowest BCUT2D eigenvalue weighted by Crippen LogP contribution is -2.09. The van der Waals surface area contributed by atoms with Crippen LogP contribution in [0.2, 0.25) is 20.1 Å². The van der Waals surface area contributed by atoms with Gasteiger partial charge in [-0.3, -0.25) is 0 Å². The number of hydrogen-bond acceptors (Lipinski definition) is 6. The highest BCUT2D eigenvalue weighted by Gasteiger charge is 2.17. The van der Waals surface area contributed by atoms with Gasteiger partial charge < -0.3 is 9.52 Å². The molecule has 0 aliphatic heterocycles. The van der Waals surface area contributed by atoms with Crippen molar-refractivity contribution in [2.24, 2.45) is 0 Å². The van der Waals surface area contributed by atoms with Crippen molar-refractivity contribution < 1.29 is 14.3 Å². The molecule has 13 heteroatoms. The maximum Gasteiger partial charge on any atom is 0.354 e. The molecule has 0 saturated heterocycles. The summed E-state index contributed by atoms with van der Waals surface area (Å²) >= 11 is 23.7. The summed E-state index contributed by atoms with van der Waals surface area (Å²) in [6.45, 7) is 3.58. The van der Waals surface area contributed by atoms with Crippen molar-refractivity contribution in [3.05, 3.63) is 92.2 Å². The van der Waals surface area contributed by atoms with Crippen molar-refractivity contribution >= 4 is 52.4 Å². The number of carboxylic acid groups (broad SMARTS) is 1. The fraction of sp³-hybridized carbons (Fsp3) is 0.0870. The summed E-state index contributed by atoms with van der Waals surface area (Å²) in [6, 6.07) is 10.1. The maximum atomic E-state index is 11.0. The molecule has 0 aliphatic rings. The summed E-state index contributed by atoms with van der Waals surface area (Å²) in [5.74, 6) is 0.360. The van der Waals surface area contributed by atoms with Gasteiger partial charge in [0.2, 0.25) is 0 Å². The quantitative estimate of drug-likeness (QED) is 0.257. The van der Waals surface area contributed by atoms with Crippen molar-refractivity contribution in [2.75, 3.05) is 0 Å². The van der Waals surface area contributed by atoms with Gasteiger partial charge in [0, 0.05) is 12.4 Å². The van der Waals surface area contributed by atoms with Crippen molar-refractivity contribution in [1.82, 2.24) is 29.5 Å². The number of aromatic carboxylic acids is 1. The van der Waals surface area contributed by atoms with Crippen LogP contribution in [0.1, 0.15) is 21.9 Å². The molecule has 0 aliphatic carbocycles. The average Bonchev–Trinajstić information content (AvgIpc) is 3.54. The van der Waals surface area contributed by atoms with Crippen molar-refractivity contribution in [1.29, 1.82) is 0 Å². The Labute approximate surface area is 224 Å². The number of carbonyl (C=O) groups is 1. The van der Waals surface area contributed by atoms with E-state index in [1.807, 2.05) is 25.1 Å². The number of carboxylic acids is 1. The van der Waals surface area contributed by atoms with Gasteiger partial charge in [-0.2, -0.15) is 10.2 Å². The SMILES string of the molecule is Cc1cc(-c2ccco2)n(-c2ncc(Cl)cc2Cl)n1.Cc1cc(C(=O)O)n(-c2ncc(Cl)cc2Cl)n1. The Hall–Kier alpha value is -3.37. The highest BCUT2D eigenvalue weighted by atomic mass is 35.5. The van der Waals surface area contributed by atoms with Crippen LogP contribution in [0.4, 0.5) is 0 Å². The van der Waals surface area contributed by atoms with Crippen molar-refractivity contribution in [3.63, 3.8) is 0 Å². The smallest absolute Gasteiger partial charge is 0.354 e. The summed E-state index contributed by atoms with van der Waals surface area (Å²) in [5.41, 5.74) is 2.20. The number of hydrogen-bond donors (Lipinski definition) is 1. The third-order valence-corrected chi connectivity index (χ3v) is 5.60. The number of aryl methyl sites for hydroxylation is 2. The number of pyridine rings is 2. The minimum atomic E-state index is -1.10. The molecule has 0 amide bonds. The van der Waals surface area contributed by atoms with E-state index in [0.29, 0.717) is 32.3 Å². The minimum absolute atomic E-state index is 0.000720. The summed E-state index contributed by atoms with van der Waals surface area (Å²) in [5, 5.41) is 19.0. The predicted molar refractivity (Wildman–Crippen MR) is 137 cm³/mol. The standard InChI is InChI=1S/C13H9Cl2N3O.C10H7Cl2N3O2/c1-8-5-11(12-3-2-4-19-12)18(17-8)13-10(15)6-9(14)7-16-13;1-5-2-8(10(16)17)15(14-5)9-7(12)3-6(11)4-13-9/h2-7H,1H3;2-4H,1H3,(H,16,17). The molecule has 0 radical (unpaired) electrons. The molecule has 1 N–H and O–H groups in total. The molecule has 0 bridgehead atoms. The Bertz CT molecular complexity index is 1550. The maximum absolute atomic E-state index is 11.0. The molecule has 0 unspecified atom stereocenters. The van der Waals surface area contributed by atoms with Gasteiger partial charge in [0.25, 0.3) is 0 Å². The molecular weight excluding hydrogens is 550 g/mol. The lowest BCUT2D eigenvalue weighted by atomic mass is 10.3. The third kappa shape index (κ3) is 5.55. The Balaban J connectivity index is 0.000000170. The van der Waals surface area contributed by atoms with E-state index in [-0.39, 0.29) is 16.5 Å². The topological polar surface area (TPSA) is 112 Å². The first-order valence-electron chi connectivity index (χ1n) is 10.2. The van der Waals surface area contributed by atoms with Crippen LogP contribution in [0.5, 0.6) is 0 Å². The summed E-state index contributed by atoms with van der Waals surface area (Å²) in [7, 11) is 0. The highest BCUT2D eigenvalue weighted by Crippen LogP contribution is 2.28. The summed E-state index contributed by atoms with van der Waals surface area (Å²) in [4.78, 5) is 19.2. The van der Waals surface area contributed by atoms with Crippen LogP contribution in [0.25, 0.3) is 23.1 Å². The fourth-order valence-corrected chi connectivity index (χ4v) is 4.12. The third-order valence-electron chi connectivity index (χ3n) is 4.63. The zero-order chi connectivity index (χ0) is 26.0. The minimum Gasteiger partial charge on any atom is -0.477 e. The molecule has 0 aromatic carbocycles. The van der Waals surface area contributed by atoms with E-state index in [4.69, 9.17) is 55.9 Å². The number of rotatable bonds is 4. The van der Waals surface area contributed by atoms with Crippen molar-refractivity contribution in [3.8, 4) is 23.1 Å². The second kappa shape index (κ2) is 10.7. The lowest BCUT2D eigenvalue weighted by molar-refractivity contribution is 0.0686. The Kier molecular flexibility index (Phi) is 7.65. The Morgan fingerprint density at radius 1 is 0.861 bits per heavy atom. The normalized spacial score (nSPS) is 10.7. The Morgan fingerprint density at radius 2 is 1.42 bits per heavy atom. The van der Waals surface area contributed by atoms with E-state index in [0.717, 1.165) is 11.4 Å². The number of aromatic nitrogens is 6. The average molecular weight is 566 g/mol. The van der Waals surface area contributed by atoms with Gasteiger partial charge in [0.1, 0.15) is 5.69 Å². The summed E-state index contributed by atoms with van der Waals surface area (Å²) in [6.07, 6.45) is 4.52. The highest BCUT2D eigenvalue weighted by molar-refractivity contribution is 6.36. The van der Waals surface area contributed by atoms with E-state index in [2.05, 4.69) is 20.2 Å². The lowest BCUT2D eigenvalue weighted by Gasteiger charge is -2.06. The first-order valence-corrected chi connectivity index (χ1v) is 11.7. The van der Waals surface area contributed by atoms with Crippen LogP contribution < -0.4 is 0 Å². The van der Waals surface area contributed by atoms with Gasteiger partial charge in [-0.1, -0.05) is 46.4 Å². The van der Waals surface area contributed by atoms with Crippen LogP contribution in [-0.4, -0.2) is 40.6 Å². The molecule has 0 saturated carbocycles. The van der Waals surface area contributed by atoms with Crippen LogP contribution in [0.15, 0.2) is 59.5 Å². The largest absolute Gasteiger partial charge is 0.477 e. The fourth-order valence-electron chi connectivity index (χ4n) is 3.20. The van der Waals surface area contributed by atoms with Crippen LogP contribution in [0.3, 0.4) is 0 Å². The molecule has 184 valence electrons. The van der Waals surface area contributed by atoms with Gasteiger partial charge >= 0.3 is 5.97 Å². The van der Waals surface area contributed by atoms with Gasteiger partial charge in [-0.25, -0.2) is 24.1 Å². The van der Waals surface area contributed by atoms with Crippen LogP contribution >= 0.6 is 46.4 Å². The second-order valence-electron chi connectivity index (χ2n) is 7.37. The van der Waals surface area contributed by atoms with E-state index in [1.165, 1.54) is 29.2 Å². The van der Waals surface area contributed by atoms with Gasteiger partial charge in [0.05, 0.1) is 37.7 Å². The van der Waals surface area contributed by atoms with Gasteiger partial charge in [0.15, 0.2) is 23.1 Å². The van der Waals surface area contributed by atoms with E-state index in [1.54, 1.807) is 23.9 Å². The van der Waals surface area contributed by atoms with Gasteiger partial charge in [-0.15, -0.1) is 0 Å². The molecule has 5 rings (SSSR count). The zero-order valence-electron chi connectivity index (χ0n) is 18.7. The number of furan rings is 1. The molecule has 0 spiro atoms. The molecular formula is C23H16Cl4N6O3. The van der Waals surface area contributed by atoms with Crippen molar-refractivity contribution in [2.45, 2.75) is 13.8 Å². The zero-order valence-corrected chi connectivity index (χ0v) is 21.7. The monoisotopic (exact) mass is 564 g/mol. The molecule has 0 fully saturated rings.